The van der Waals surface area contributed by atoms with Crippen LogP contribution in [0.5, 0.6) is 0 Å². The van der Waals surface area contributed by atoms with E-state index in [4.69, 9.17) is 17.3 Å². The number of carbonyl (C=O) groups is 2. The lowest BCUT2D eigenvalue weighted by molar-refractivity contribution is -0.669. The van der Waals surface area contributed by atoms with Gasteiger partial charge < -0.3 is 5.73 Å². The van der Waals surface area contributed by atoms with Gasteiger partial charge in [-0.2, -0.15) is 0 Å². The molecule has 0 aliphatic carbocycles. The van der Waals surface area contributed by atoms with Crippen LogP contribution in [0.25, 0.3) is 0 Å². The van der Waals surface area contributed by atoms with Gasteiger partial charge in [-0.3, -0.25) is 4.79 Å². The summed E-state index contributed by atoms with van der Waals surface area (Å²) in [5.41, 5.74) is 5.06. The van der Waals surface area contributed by atoms with Crippen molar-refractivity contribution in [3.05, 3.63) is 23.4 Å². The number of nitrogens with zero attached hydrogens (tertiary/aromatic N) is 1. The van der Waals surface area contributed by atoms with Crippen molar-refractivity contribution in [3.63, 3.8) is 0 Å². The Labute approximate surface area is 91.8 Å². The minimum absolute atomic E-state index is 0.0316. The number of amides is 2. The smallest absolute Gasteiger partial charge is 0.304 e. The first-order chi connectivity index (χ1) is 7.00. The molecule has 0 saturated heterocycles. The second kappa shape index (κ2) is 4.75. The van der Waals surface area contributed by atoms with Gasteiger partial charge >= 0.3 is 11.7 Å². The van der Waals surface area contributed by atoms with Crippen LogP contribution in [0.15, 0.2) is 18.3 Å². The van der Waals surface area contributed by atoms with Crippen LogP contribution in [-0.4, -0.2) is 11.8 Å². The fourth-order valence-corrected chi connectivity index (χ4v) is 1.35. The third-order valence-corrected chi connectivity index (χ3v) is 1.95. The predicted octanol–water partition coefficient (Wildman–Crippen LogP) is 0.0712. The van der Waals surface area contributed by atoms with E-state index in [-0.39, 0.29) is 12.5 Å². The summed E-state index contributed by atoms with van der Waals surface area (Å²) >= 11 is 5.87. The number of nitrogens with two attached hydrogens (primary N) is 1. The molecule has 3 N–H and O–H groups in total. The van der Waals surface area contributed by atoms with E-state index < -0.39 is 5.91 Å². The summed E-state index contributed by atoms with van der Waals surface area (Å²) in [5, 5.41) is 2.89. The van der Waals surface area contributed by atoms with Gasteiger partial charge in [-0.15, -0.1) is 0 Å². The largest absolute Gasteiger partial charge is 0.366 e. The van der Waals surface area contributed by atoms with E-state index in [1.54, 1.807) is 18.3 Å². The Kier molecular flexibility index (Phi) is 3.62. The predicted molar refractivity (Wildman–Crippen MR) is 55.1 cm³/mol. The molecule has 80 valence electrons. The summed E-state index contributed by atoms with van der Waals surface area (Å²) in [6, 6.07) is 3.28. The van der Waals surface area contributed by atoms with E-state index in [2.05, 4.69) is 5.32 Å². The van der Waals surface area contributed by atoms with Crippen molar-refractivity contribution in [2.45, 2.75) is 13.5 Å². The molecule has 1 aromatic heterocycles. The molecule has 1 heterocycles. The van der Waals surface area contributed by atoms with Crippen molar-refractivity contribution in [2.75, 3.05) is 5.32 Å². The SMILES string of the molecule is CC(=O)Nc1c(Cl)ccc[n+]1CC(N)=O. The Morgan fingerprint density at radius 3 is 2.80 bits per heavy atom. The fourth-order valence-electron chi connectivity index (χ4n) is 1.12. The van der Waals surface area contributed by atoms with Crippen LogP contribution >= 0.6 is 11.6 Å². The van der Waals surface area contributed by atoms with Gasteiger partial charge in [-0.25, -0.2) is 14.7 Å². The highest BCUT2D eigenvalue weighted by Crippen LogP contribution is 2.15. The van der Waals surface area contributed by atoms with E-state index in [9.17, 15) is 9.59 Å². The highest BCUT2D eigenvalue weighted by Gasteiger charge is 2.16. The van der Waals surface area contributed by atoms with Crippen molar-refractivity contribution in [2.24, 2.45) is 5.73 Å². The molecule has 6 heteroatoms. The van der Waals surface area contributed by atoms with Crippen LogP contribution in [0, 0.1) is 0 Å². The molecule has 0 radical (unpaired) electrons. The normalized spacial score (nSPS) is 9.73. The molecular formula is C9H11ClN3O2+. The Morgan fingerprint density at radius 2 is 2.27 bits per heavy atom. The standard InChI is InChI=1S/C9H10ClN3O2/c1-6(14)12-9-7(10)3-2-4-13(9)5-8(11)15/h2-4H,5H2,1H3,(H2,11,15)/p+1. The molecule has 0 atom stereocenters. The molecule has 0 fully saturated rings. The second-order valence-electron chi connectivity index (χ2n) is 2.98. The van der Waals surface area contributed by atoms with Crippen LogP contribution in [0.3, 0.4) is 0 Å². The number of nitrogens with one attached hydrogen (secondary N) is 1. The number of carbonyl (C=O) groups excluding carboxylic acids is 2. The maximum absolute atomic E-state index is 10.9. The number of primary amides is 1. The third-order valence-electron chi connectivity index (χ3n) is 1.64. The number of hydrogen-bond acceptors (Lipinski definition) is 2. The van der Waals surface area contributed by atoms with Crippen LogP contribution in [0.1, 0.15) is 6.92 Å². The first-order valence-corrected chi connectivity index (χ1v) is 4.62. The molecule has 5 nitrogen and oxygen atoms in total. The maximum Gasteiger partial charge on any atom is 0.304 e. The summed E-state index contributed by atoms with van der Waals surface area (Å²) in [5.74, 6) is -0.402. The van der Waals surface area contributed by atoms with Gasteiger partial charge in [0.05, 0.1) is 6.20 Å². The molecule has 0 aliphatic rings. The van der Waals surface area contributed by atoms with Crippen LogP contribution in [-0.2, 0) is 16.1 Å². The maximum atomic E-state index is 10.9. The first kappa shape index (κ1) is 11.5. The number of pyridine rings is 1. The molecule has 0 spiro atoms. The van der Waals surface area contributed by atoms with Crippen molar-refractivity contribution in [1.29, 1.82) is 0 Å². The summed E-state index contributed by atoms with van der Waals surface area (Å²) in [7, 11) is 0. The summed E-state index contributed by atoms with van der Waals surface area (Å²) in [6.07, 6.45) is 1.61. The lowest BCUT2D eigenvalue weighted by Crippen LogP contribution is -2.43. The van der Waals surface area contributed by atoms with E-state index >= 15 is 0 Å². The molecule has 0 bridgehead atoms. The van der Waals surface area contributed by atoms with Gasteiger partial charge in [-0.1, -0.05) is 11.6 Å². The highest BCUT2D eigenvalue weighted by atomic mass is 35.5. The van der Waals surface area contributed by atoms with Crippen molar-refractivity contribution in [1.82, 2.24) is 0 Å². The van der Waals surface area contributed by atoms with E-state index in [1.165, 1.54) is 11.5 Å². The van der Waals surface area contributed by atoms with Gasteiger partial charge in [0.25, 0.3) is 5.91 Å². The minimum Gasteiger partial charge on any atom is -0.366 e. The monoisotopic (exact) mass is 228 g/mol. The molecule has 0 unspecified atom stereocenters. The summed E-state index contributed by atoms with van der Waals surface area (Å²) < 4.78 is 1.48. The van der Waals surface area contributed by atoms with E-state index in [1.807, 2.05) is 0 Å². The average molecular weight is 229 g/mol. The first-order valence-electron chi connectivity index (χ1n) is 4.24. The zero-order valence-electron chi connectivity index (χ0n) is 8.16. The molecule has 1 rings (SSSR count). The minimum atomic E-state index is -0.506. The zero-order chi connectivity index (χ0) is 11.4. The Bertz CT molecular complexity index is 406. The van der Waals surface area contributed by atoms with Crippen molar-refractivity contribution < 1.29 is 14.2 Å². The van der Waals surface area contributed by atoms with Crippen LogP contribution < -0.4 is 15.6 Å². The molecular weight excluding hydrogens is 218 g/mol. The fraction of sp³-hybridized carbons (Fsp3) is 0.222. The number of halogens is 1. The Morgan fingerprint density at radius 1 is 1.60 bits per heavy atom. The van der Waals surface area contributed by atoms with Crippen LogP contribution in [0.4, 0.5) is 5.82 Å². The summed E-state index contributed by atoms with van der Waals surface area (Å²) in [4.78, 5) is 21.7. The lowest BCUT2D eigenvalue weighted by atomic mass is 10.4. The summed E-state index contributed by atoms with van der Waals surface area (Å²) in [6.45, 7) is 1.33. The number of rotatable bonds is 3. The third kappa shape index (κ3) is 3.21. The van der Waals surface area contributed by atoms with Gasteiger partial charge in [0.15, 0.2) is 6.54 Å². The average Bonchev–Trinajstić information content (AvgIpc) is 2.09. The number of anilines is 1. The quantitative estimate of drug-likeness (QED) is 0.719. The van der Waals surface area contributed by atoms with Crippen molar-refractivity contribution in [3.8, 4) is 0 Å². The van der Waals surface area contributed by atoms with E-state index in [0.717, 1.165) is 0 Å². The molecule has 15 heavy (non-hydrogen) atoms. The van der Waals surface area contributed by atoms with Crippen molar-refractivity contribution >= 4 is 29.2 Å². The molecule has 0 saturated carbocycles. The second-order valence-corrected chi connectivity index (χ2v) is 3.39. The van der Waals surface area contributed by atoms with Gasteiger partial charge in [0.2, 0.25) is 0 Å². The molecule has 0 aromatic carbocycles. The number of hydrogen-bond donors (Lipinski definition) is 2. The van der Waals surface area contributed by atoms with E-state index in [0.29, 0.717) is 10.8 Å². The Hall–Kier alpha value is -1.62. The van der Waals surface area contributed by atoms with Gasteiger partial charge in [0, 0.05) is 6.92 Å². The molecule has 2 amide bonds. The highest BCUT2D eigenvalue weighted by molar-refractivity contribution is 6.33. The lowest BCUT2D eigenvalue weighted by Gasteiger charge is -2.04. The number of aromatic nitrogens is 1. The van der Waals surface area contributed by atoms with Gasteiger partial charge in [0.1, 0.15) is 5.02 Å². The molecule has 1 aromatic rings. The Balaban J connectivity index is 3.08. The van der Waals surface area contributed by atoms with Gasteiger partial charge in [-0.05, 0) is 12.1 Å². The molecule has 0 aliphatic heterocycles. The zero-order valence-corrected chi connectivity index (χ0v) is 8.91. The van der Waals surface area contributed by atoms with Crippen LogP contribution in [0.2, 0.25) is 5.02 Å². The topological polar surface area (TPSA) is 76.1 Å².